The van der Waals surface area contributed by atoms with Crippen molar-refractivity contribution in [2.45, 2.75) is 70.9 Å². The number of alkyl carbamates (subject to hydrolysis) is 1. The van der Waals surface area contributed by atoms with Crippen LogP contribution in [0.1, 0.15) is 52.9 Å². The molecule has 0 bridgehead atoms. The highest BCUT2D eigenvalue weighted by Crippen LogP contribution is 2.29. The zero-order chi connectivity index (χ0) is 13.8. The zero-order valence-corrected chi connectivity index (χ0v) is 11.3. The van der Waals surface area contributed by atoms with Crippen LogP contribution in [0, 0.1) is 5.92 Å². The van der Waals surface area contributed by atoms with Gasteiger partial charge in [-0.3, -0.25) is 0 Å². The Morgan fingerprint density at radius 1 is 1.22 bits per heavy atom. The fourth-order valence-electron chi connectivity index (χ4n) is 2.32. The van der Waals surface area contributed by atoms with E-state index in [0.717, 1.165) is 32.1 Å². The highest BCUT2D eigenvalue weighted by atomic mass is 19.3. The third kappa shape index (κ3) is 5.19. The van der Waals surface area contributed by atoms with Crippen LogP contribution in [-0.2, 0) is 4.74 Å². The monoisotopic (exact) mass is 263 g/mol. The van der Waals surface area contributed by atoms with Crippen LogP contribution in [0.4, 0.5) is 13.6 Å². The number of ether oxygens (including phenoxy) is 1. The molecule has 18 heavy (non-hydrogen) atoms. The van der Waals surface area contributed by atoms with E-state index in [1.165, 1.54) is 0 Å². The number of alkyl halides is 2. The summed E-state index contributed by atoms with van der Waals surface area (Å²) >= 11 is 0. The van der Waals surface area contributed by atoms with Gasteiger partial charge in [-0.25, -0.2) is 13.6 Å². The van der Waals surface area contributed by atoms with Crippen LogP contribution in [0.5, 0.6) is 0 Å². The summed E-state index contributed by atoms with van der Waals surface area (Å²) in [5, 5.41) is 2.33. The Morgan fingerprint density at radius 2 is 1.78 bits per heavy atom. The van der Waals surface area contributed by atoms with Gasteiger partial charge in [0.15, 0.2) is 0 Å². The first kappa shape index (κ1) is 15.2. The molecule has 1 fully saturated rings. The Bertz CT molecular complexity index is 271. The van der Waals surface area contributed by atoms with Crippen molar-refractivity contribution in [1.82, 2.24) is 5.32 Å². The maximum atomic E-state index is 13.0. The predicted octanol–water partition coefficient (Wildman–Crippen LogP) is 3.73. The van der Waals surface area contributed by atoms with Gasteiger partial charge in [-0.05, 0) is 39.5 Å². The molecule has 0 aromatic carbocycles. The van der Waals surface area contributed by atoms with Crippen LogP contribution >= 0.6 is 0 Å². The van der Waals surface area contributed by atoms with Gasteiger partial charge in [0.25, 0.3) is 6.43 Å². The number of amides is 1. The minimum absolute atomic E-state index is 0.133. The van der Waals surface area contributed by atoms with Crippen molar-refractivity contribution >= 4 is 6.09 Å². The predicted molar refractivity (Wildman–Crippen MR) is 65.7 cm³/mol. The second kappa shape index (κ2) is 6.34. The van der Waals surface area contributed by atoms with Gasteiger partial charge in [-0.15, -0.1) is 0 Å². The average Bonchev–Trinajstić information content (AvgIpc) is 2.24. The third-order valence-electron chi connectivity index (χ3n) is 3.11. The smallest absolute Gasteiger partial charge is 0.408 e. The quantitative estimate of drug-likeness (QED) is 0.842. The molecule has 0 aromatic heterocycles. The summed E-state index contributed by atoms with van der Waals surface area (Å²) in [6, 6.07) is -1.08. The highest BCUT2D eigenvalue weighted by molar-refractivity contribution is 5.68. The molecule has 0 saturated heterocycles. The molecule has 1 rings (SSSR count). The fourth-order valence-corrected chi connectivity index (χ4v) is 2.32. The van der Waals surface area contributed by atoms with Crippen molar-refractivity contribution in [2.75, 3.05) is 0 Å². The van der Waals surface area contributed by atoms with Crippen LogP contribution in [0.2, 0.25) is 0 Å². The molecule has 0 aliphatic heterocycles. The van der Waals surface area contributed by atoms with Gasteiger partial charge in [0.1, 0.15) is 5.60 Å². The Balaban J connectivity index is 2.54. The summed E-state index contributed by atoms with van der Waals surface area (Å²) in [6.45, 7) is 5.14. The van der Waals surface area contributed by atoms with Crippen LogP contribution < -0.4 is 5.32 Å². The number of nitrogens with one attached hydrogen (secondary N) is 1. The van der Waals surface area contributed by atoms with E-state index in [1.807, 2.05) is 0 Å². The van der Waals surface area contributed by atoms with Gasteiger partial charge in [0, 0.05) is 0 Å². The van der Waals surface area contributed by atoms with Crippen molar-refractivity contribution in [3.8, 4) is 0 Å². The largest absolute Gasteiger partial charge is 0.444 e. The molecule has 5 heteroatoms. The normalized spacial score (nSPS) is 19.7. The van der Waals surface area contributed by atoms with Crippen molar-refractivity contribution in [2.24, 2.45) is 5.92 Å². The first-order valence-electron chi connectivity index (χ1n) is 6.57. The van der Waals surface area contributed by atoms with Crippen molar-refractivity contribution in [3.63, 3.8) is 0 Å². The number of carbonyl (C=O) groups excluding carboxylic acids is 1. The molecule has 1 N–H and O–H groups in total. The van der Waals surface area contributed by atoms with Crippen molar-refractivity contribution in [1.29, 1.82) is 0 Å². The maximum absolute atomic E-state index is 13.0. The SMILES string of the molecule is CC(C)(C)OC(=O)N[C@H](C(F)F)C1CCCCC1. The molecule has 0 spiro atoms. The number of halogens is 2. The van der Waals surface area contributed by atoms with E-state index in [4.69, 9.17) is 4.74 Å². The molecule has 0 heterocycles. The molecule has 1 aliphatic carbocycles. The molecule has 3 nitrogen and oxygen atoms in total. The molecule has 1 aliphatic rings. The number of hydrogen-bond acceptors (Lipinski definition) is 2. The van der Waals surface area contributed by atoms with Crippen LogP contribution in [0.3, 0.4) is 0 Å². The minimum atomic E-state index is -2.54. The molecular weight excluding hydrogens is 240 g/mol. The molecular formula is C13H23F2NO2. The summed E-state index contributed by atoms with van der Waals surface area (Å²) < 4.78 is 31.0. The number of hydrogen-bond donors (Lipinski definition) is 1. The molecule has 1 atom stereocenters. The lowest BCUT2D eigenvalue weighted by molar-refractivity contribution is 0.0237. The van der Waals surface area contributed by atoms with Gasteiger partial charge in [-0.1, -0.05) is 19.3 Å². The molecule has 1 saturated carbocycles. The van der Waals surface area contributed by atoms with Crippen LogP contribution in [-0.4, -0.2) is 24.2 Å². The number of carbonyl (C=O) groups is 1. The lowest BCUT2D eigenvalue weighted by atomic mass is 9.84. The topological polar surface area (TPSA) is 38.3 Å². The van der Waals surface area contributed by atoms with E-state index in [2.05, 4.69) is 5.32 Å². The van der Waals surface area contributed by atoms with E-state index in [1.54, 1.807) is 20.8 Å². The van der Waals surface area contributed by atoms with Crippen molar-refractivity contribution in [3.05, 3.63) is 0 Å². The molecule has 0 radical (unpaired) electrons. The van der Waals surface area contributed by atoms with Gasteiger partial charge < -0.3 is 10.1 Å². The van der Waals surface area contributed by atoms with Gasteiger partial charge in [-0.2, -0.15) is 0 Å². The fraction of sp³-hybridized carbons (Fsp3) is 0.923. The van der Waals surface area contributed by atoms with Gasteiger partial charge in [0.05, 0.1) is 6.04 Å². The van der Waals surface area contributed by atoms with Gasteiger partial charge >= 0.3 is 6.09 Å². The second-order valence-electron chi connectivity index (χ2n) is 5.90. The van der Waals surface area contributed by atoms with Crippen LogP contribution in [0.25, 0.3) is 0 Å². The van der Waals surface area contributed by atoms with Gasteiger partial charge in [0.2, 0.25) is 0 Å². The molecule has 106 valence electrons. The Kier molecular flexibility index (Phi) is 5.35. The maximum Gasteiger partial charge on any atom is 0.408 e. The molecule has 0 aromatic rings. The van der Waals surface area contributed by atoms with Crippen molar-refractivity contribution < 1.29 is 18.3 Å². The summed E-state index contributed by atoms with van der Waals surface area (Å²) in [5.74, 6) is -0.133. The third-order valence-corrected chi connectivity index (χ3v) is 3.11. The lowest BCUT2D eigenvalue weighted by Crippen LogP contribution is -2.47. The zero-order valence-electron chi connectivity index (χ0n) is 11.3. The highest BCUT2D eigenvalue weighted by Gasteiger charge is 2.33. The first-order valence-corrected chi connectivity index (χ1v) is 6.57. The summed E-state index contributed by atoms with van der Waals surface area (Å²) in [6.07, 6.45) is 1.24. The Labute approximate surface area is 107 Å². The van der Waals surface area contributed by atoms with E-state index in [-0.39, 0.29) is 5.92 Å². The first-order chi connectivity index (χ1) is 8.29. The molecule has 0 unspecified atom stereocenters. The van der Waals surface area contributed by atoms with E-state index in [0.29, 0.717) is 0 Å². The average molecular weight is 263 g/mol. The summed E-state index contributed by atoms with van der Waals surface area (Å²) in [7, 11) is 0. The summed E-state index contributed by atoms with van der Waals surface area (Å²) in [5.41, 5.74) is -0.663. The lowest BCUT2D eigenvalue weighted by Gasteiger charge is -2.31. The Hall–Kier alpha value is -0.870. The Morgan fingerprint density at radius 3 is 2.22 bits per heavy atom. The second-order valence-corrected chi connectivity index (χ2v) is 5.90. The van der Waals surface area contributed by atoms with E-state index < -0.39 is 24.2 Å². The standard InChI is InChI=1S/C13H23F2NO2/c1-13(2,3)18-12(17)16-10(11(14)15)9-7-5-4-6-8-9/h9-11H,4-8H2,1-3H3,(H,16,17)/t10-/m0/s1. The molecule has 1 amide bonds. The summed E-state index contributed by atoms with van der Waals surface area (Å²) in [4.78, 5) is 11.5. The van der Waals surface area contributed by atoms with E-state index in [9.17, 15) is 13.6 Å². The van der Waals surface area contributed by atoms with E-state index >= 15 is 0 Å². The minimum Gasteiger partial charge on any atom is -0.444 e. The van der Waals surface area contributed by atoms with Crippen LogP contribution in [0.15, 0.2) is 0 Å². The number of rotatable bonds is 3.